The van der Waals surface area contributed by atoms with Gasteiger partial charge in [-0.25, -0.2) is 0 Å². The molecule has 5 heteroatoms. The molecule has 0 aliphatic heterocycles. The summed E-state index contributed by atoms with van der Waals surface area (Å²) >= 11 is 3.36. The van der Waals surface area contributed by atoms with Crippen molar-refractivity contribution in [3.8, 4) is 11.5 Å². The van der Waals surface area contributed by atoms with Crippen LogP contribution >= 0.6 is 15.9 Å². The Morgan fingerprint density at radius 3 is 2.70 bits per heavy atom. The number of benzene rings is 1. The topological polar surface area (TPSA) is 43.4 Å². The Kier molecular flexibility index (Phi) is 5.38. The first-order valence-electron chi connectivity index (χ1n) is 6.27. The average molecular weight is 337 g/mol. The first kappa shape index (κ1) is 14.8. The molecular weight excluding hydrogens is 320 g/mol. The molecule has 0 aliphatic rings. The number of halogens is 1. The van der Waals surface area contributed by atoms with Crippen LogP contribution in [-0.2, 0) is 13.2 Å². The van der Waals surface area contributed by atoms with Gasteiger partial charge in [0.15, 0.2) is 11.5 Å². The predicted octanol–water partition coefficient (Wildman–Crippen LogP) is 3.15. The molecule has 0 bridgehead atoms. The summed E-state index contributed by atoms with van der Waals surface area (Å²) in [5.41, 5.74) is 2.02. The maximum atomic E-state index is 5.76. The molecule has 1 aromatic carbocycles. The Balaban J connectivity index is 2.06. The maximum absolute atomic E-state index is 5.76. The van der Waals surface area contributed by atoms with Gasteiger partial charge in [-0.15, -0.1) is 0 Å². The standard InChI is InChI=1S/C15H17BrN2O2/c1-17-8-11-3-6-14(15(7-11)19-2)20-10-13-5-4-12(16)9-18-13/h3-7,9,17H,8,10H2,1-2H3. The van der Waals surface area contributed by atoms with Crippen LogP contribution < -0.4 is 14.8 Å². The van der Waals surface area contributed by atoms with Crippen LogP contribution in [-0.4, -0.2) is 19.1 Å². The van der Waals surface area contributed by atoms with Crippen molar-refractivity contribution < 1.29 is 9.47 Å². The fraction of sp³-hybridized carbons (Fsp3) is 0.267. The highest BCUT2D eigenvalue weighted by Gasteiger charge is 2.06. The first-order valence-corrected chi connectivity index (χ1v) is 7.07. The molecule has 0 saturated heterocycles. The van der Waals surface area contributed by atoms with Crippen LogP contribution in [0.1, 0.15) is 11.3 Å². The summed E-state index contributed by atoms with van der Waals surface area (Å²) in [7, 11) is 3.55. The van der Waals surface area contributed by atoms with Crippen molar-refractivity contribution in [1.82, 2.24) is 10.3 Å². The normalized spacial score (nSPS) is 10.3. The lowest BCUT2D eigenvalue weighted by Gasteiger charge is -2.12. The van der Waals surface area contributed by atoms with Crippen molar-refractivity contribution in [2.45, 2.75) is 13.2 Å². The van der Waals surface area contributed by atoms with E-state index >= 15 is 0 Å². The average Bonchev–Trinajstić information content (AvgIpc) is 2.47. The highest BCUT2D eigenvalue weighted by molar-refractivity contribution is 9.10. The van der Waals surface area contributed by atoms with Crippen LogP contribution in [0.2, 0.25) is 0 Å². The third-order valence-electron chi connectivity index (χ3n) is 2.77. The minimum absolute atomic E-state index is 0.412. The first-order chi connectivity index (χ1) is 9.72. The highest BCUT2D eigenvalue weighted by atomic mass is 79.9. The largest absolute Gasteiger partial charge is 0.493 e. The van der Waals surface area contributed by atoms with Gasteiger partial charge in [-0.05, 0) is 52.8 Å². The molecule has 0 aliphatic carbocycles. The van der Waals surface area contributed by atoms with E-state index < -0.39 is 0 Å². The molecule has 1 aromatic heterocycles. The van der Waals surface area contributed by atoms with Gasteiger partial charge in [0.05, 0.1) is 12.8 Å². The van der Waals surface area contributed by atoms with Gasteiger partial charge in [0, 0.05) is 17.2 Å². The molecule has 1 heterocycles. The molecule has 0 atom stereocenters. The summed E-state index contributed by atoms with van der Waals surface area (Å²) in [4.78, 5) is 4.27. The van der Waals surface area contributed by atoms with Gasteiger partial charge < -0.3 is 14.8 Å². The Morgan fingerprint density at radius 2 is 2.05 bits per heavy atom. The van der Waals surface area contributed by atoms with Gasteiger partial charge in [-0.3, -0.25) is 4.98 Å². The van der Waals surface area contributed by atoms with E-state index in [1.54, 1.807) is 13.3 Å². The van der Waals surface area contributed by atoms with E-state index in [0.717, 1.165) is 33.8 Å². The monoisotopic (exact) mass is 336 g/mol. The Hall–Kier alpha value is -1.59. The van der Waals surface area contributed by atoms with Crippen LogP contribution in [0.3, 0.4) is 0 Å². The molecule has 4 nitrogen and oxygen atoms in total. The fourth-order valence-electron chi connectivity index (χ4n) is 1.79. The SMILES string of the molecule is CNCc1ccc(OCc2ccc(Br)cn2)c(OC)c1. The number of aromatic nitrogens is 1. The highest BCUT2D eigenvalue weighted by Crippen LogP contribution is 2.28. The molecular formula is C15H17BrN2O2. The zero-order chi connectivity index (χ0) is 14.4. The van der Waals surface area contributed by atoms with Crippen LogP contribution in [0, 0.1) is 0 Å². The van der Waals surface area contributed by atoms with Crippen LogP contribution in [0.4, 0.5) is 0 Å². The smallest absolute Gasteiger partial charge is 0.161 e. The quantitative estimate of drug-likeness (QED) is 0.879. The lowest BCUT2D eigenvalue weighted by atomic mass is 10.2. The van der Waals surface area contributed by atoms with E-state index in [-0.39, 0.29) is 0 Å². The third kappa shape index (κ3) is 3.95. The predicted molar refractivity (Wildman–Crippen MR) is 82.0 cm³/mol. The summed E-state index contributed by atoms with van der Waals surface area (Å²) in [5, 5.41) is 3.11. The zero-order valence-electron chi connectivity index (χ0n) is 11.5. The number of methoxy groups -OCH3 is 1. The molecule has 2 aromatic rings. The van der Waals surface area contributed by atoms with E-state index in [2.05, 4.69) is 26.2 Å². The molecule has 0 radical (unpaired) electrons. The second kappa shape index (κ2) is 7.26. The van der Waals surface area contributed by atoms with Gasteiger partial charge in [0.25, 0.3) is 0 Å². The van der Waals surface area contributed by atoms with Crippen LogP contribution in [0.5, 0.6) is 11.5 Å². The number of nitrogens with one attached hydrogen (secondary N) is 1. The van der Waals surface area contributed by atoms with Gasteiger partial charge in [-0.2, -0.15) is 0 Å². The van der Waals surface area contributed by atoms with E-state index in [0.29, 0.717) is 6.61 Å². The number of rotatable bonds is 6. The number of nitrogens with zero attached hydrogens (tertiary/aromatic N) is 1. The van der Waals surface area contributed by atoms with Crippen molar-refractivity contribution in [2.24, 2.45) is 0 Å². The van der Waals surface area contributed by atoms with Crippen molar-refractivity contribution >= 4 is 15.9 Å². The molecule has 20 heavy (non-hydrogen) atoms. The zero-order valence-corrected chi connectivity index (χ0v) is 13.1. The second-order valence-corrected chi connectivity index (χ2v) is 5.19. The molecule has 0 fully saturated rings. The van der Waals surface area contributed by atoms with E-state index in [1.165, 1.54) is 0 Å². The van der Waals surface area contributed by atoms with Crippen molar-refractivity contribution in [1.29, 1.82) is 0 Å². The van der Waals surface area contributed by atoms with Gasteiger partial charge in [-0.1, -0.05) is 6.07 Å². The third-order valence-corrected chi connectivity index (χ3v) is 3.24. The van der Waals surface area contributed by atoms with Crippen molar-refractivity contribution in [3.63, 3.8) is 0 Å². The summed E-state index contributed by atoms with van der Waals surface area (Å²) in [6.45, 7) is 1.21. The van der Waals surface area contributed by atoms with Gasteiger partial charge in [0.1, 0.15) is 6.61 Å². The summed E-state index contributed by atoms with van der Waals surface area (Å²) in [5.74, 6) is 1.45. The van der Waals surface area contributed by atoms with Crippen molar-refractivity contribution in [2.75, 3.05) is 14.2 Å². The van der Waals surface area contributed by atoms with Crippen LogP contribution in [0.15, 0.2) is 41.0 Å². The summed E-state index contributed by atoms with van der Waals surface area (Å²) in [6, 6.07) is 9.78. The molecule has 2 rings (SSSR count). The van der Waals surface area contributed by atoms with E-state index in [4.69, 9.17) is 9.47 Å². The molecule has 106 valence electrons. The summed E-state index contributed by atoms with van der Waals surface area (Å²) < 4.78 is 12.1. The minimum Gasteiger partial charge on any atom is -0.493 e. The van der Waals surface area contributed by atoms with E-state index in [9.17, 15) is 0 Å². The Bertz CT molecular complexity index is 558. The second-order valence-electron chi connectivity index (χ2n) is 4.27. The number of pyridine rings is 1. The maximum Gasteiger partial charge on any atom is 0.161 e. The Morgan fingerprint density at radius 1 is 1.20 bits per heavy atom. The lowest BCUT2D eigenvalue weighted by Crippen LogP contribution is -2.05. The molecule has 0 saturated carbocycles. The van der Waals surface area contributed by atoms with E-state index in [1.807, 2.05) is 37.4 Å². The molecule has 0 spiro atoms. The minimum atomic E-state index is 0.412. The molecule has 0 amide bonds. The van der Waals surface area contributed by atoms with Crippen LogP contribution in [0.25, 0.3) is 0 Å². The number of hydrogen-bond acceptors (Lipinski definition) is 4. The van der Waals surface area contributed by atoms with Gasteiger partial charge in [0.2, 0.25) is 0 Å². The fourth-order valence-corrected chi connectivity index (χ4v) is 2.02. The van der Waals surface area contributed by atoms with Crippen molar-refractivity contribution in [3.05, 3.63) is 52.3 Å². The lowest BCUT2D eigenvalue weighted by molar-refractivity contribution is 0.280. The number of ether oxygens (including phenoxy) is 2. The number of hydrogen-bond donors (Lipinski definition) is 1. The Labute approximate surface area is 127 Å². The molecule has 1 N–H and O–H groups in total. The summed E-state index contributed by atoms with van der Waals surface area (Å²) in [6.07, 6.45) is 1.76. The van der Waals surface area contributed by atoms with Gasteiger partial charge >= 0.3 is 0 Å². The molecule has 0 unspecified atom stereocenters.